The van der Waals surface area contributed by atoms with Crippen molar-refractivity contribution in [3.8, 4) is 0 Å². The van der Waals surface area contributed by atoms with E-state index >= 15 is 0 Å². The maximum atomic E-state index is 12.6. The zero-order valence-corrected chi connectivity index (χ0v) is 18.8. The second kappa shape index (κ2) is 9.91. The molecule has 1 aromatic heterocycles. The maximum absolute atomic E-state index is 12.6. The maximum Gasteiger partial charge on any atom is 0.242 e. The second-order valence-electron chi connectivity index (χ2n) is 7.82. The highest BCUT2D eigenvalue weighted by atomic mass is 32.2. The van der Waals surface area contributed by atoms with Crippen LogP contribution in [0.15, 0.2) is 59.6 Å². The monoisotopic (exact) mass is 450 g/mol. The first kappa shape index (κ1) is 22.0. The first-order valence-corrected chi connectivity index (χ1v) is 11.6. The highest BCUT2D eigenvalue weighted by Crippen LogP contribution is 2.30. The zero-order chi connectivity index (χ0) is 22.5. The van der Waals surface area contributed by atoms with Gasteiger partial charge in [0.15, 0.2) is 0 Å². The lowest BCUT2D eigenvalue weighted by molar-refractivity contribution is -0.130. The van der Waals surface area contributed by atoms with E-state index in [-0.39, 0.29) is 23.5 Å². The molecule has 0 aliphatic carbocycles. The van der Waals surface area contributed by atoms with Crippen LogP contribution in [0.3, 0.4) is 0 Å². The van der Waals surface area contributed by atoms with Gasteiger partial charge in [-0.25, -0.2) is 0 Å². The smallest absolute Gasteiger partial charge is 0.242 e. The third kappa shape index (κ3) is 5.31. The number of thioether (sulfide) groups is 1. The number of fused-ring (bicyclic) bond motifs is 1. The molecule has 0 unspecified atom stereocenters. The first-order chi connectivity index (χ1) is 15.5. The Labute approximate surface area is 191 Å². The summed E-state index contributed by atoms with van der Waals surface area (Å²) in [5.74, 6) is 0.133. The molecule has 7 nitrogen and oxygen atoms in total. The van der Waals surface area contributed by atoms with Gasteiger partial charge < -0.3 is 20.1 Å². The number of rotatable bonds is 7. The van der Waals surface area contributed by atoms with Crippen molar-refractivity contribution >= 4 is 51.8 Å². The van der Waals surface area contributed by atoms with Gasteiger partial charge in [-0.1, -0.05) is 18.2 Å². The van der Waals surface area contributed by atoms with Gasteiger partial charge in [0.05, 0.1) is 5.75 Å². The minimum absolute atomic E-state index is 0.118. The lowest BCUT2D eigenvalue weighted by Gasteiger charge is -2.15. The third-order valence-electron chi connectivity index (χ3n) is 5.36. The number of anilines is 2. The number of nitrogens with one attached hydrogen (secondary N) is 2. The largest absolute Gasteiger partial charge is 0.341 e. The number of hydrogen-bond acceptors (Lipinski definition) is 4. The van der Waals surface area contributed by atoms with Crippen molar-refractivity contribution in [2.75, 3.05) is 29.5 Å². The fraction of sp³-hybridized carbons (Fsp3) is 0.292. The predicted molar refractivity (Wildman–Crippen MR) is 128 cm³/mol. The summed E-state index contributed by atoms with van der Waals surface area (Å²) < 4.78 is 1.98. The van der Waals surface area contributed by atoms with Crippen molar-refractivity contribution in [3.63, 3.8) is 0 Å². The Balaban J connectivity index is 1.40. The second-order valence-corrected chi connectivity index (χ2v) is 8.84. The quantitative estimate of drug-likeness (QED) is 0.534. The molecule has 2 heterocycles. The first-order valence-electron chi connectivity index (χ1n) is 10.7. The van der Waals surface area contributed by atoms with Crippen LogP contribution >= 0.6 is 11.8 Å². The summed E-state index contributed by atoms with van der Waals surface area (Å²) in [6.45, 7) is 3.44. The average molecular weight is 451 g/mol. The van der Waals surface area contributed by atoms with Crippen LogP contribution in [0.5, 0.6) is 0 Å². The Morgan fingerprint density at radius 1 is 0.938 bits per heavy atom. The van der Waals surface area contributed by atoms with E-state index in [0.717, 1.165) is 41.7 Å². The summed E-state index contributed by atoms with van der Waals surface area (Å²) in [7, 11) is 0. The molecule has 0 saturated carbocycles. The van der Waals surface area contributed by atoms with Crippen LogP contribution in [0.25, 0.3) is 10.9 Å². The molecule has 1 aliphatic heterocycles. The van der Waals surface area contributed by atoms with Crippen molar-refractivity contribution in [2.45, 2.75) is 31.2 Å². The molecule has 0 bridgehead atoms. The van der Waals surface area contributed by atoms with Crippen LogP contribution < -0.4 is 10.6 Å². The van der Waals surface area contributed by atoms with Gasteiger partial charge in [0, 0.05) is 53.4 Å². The van der Waals surface area contributed by atoms with Gasteiger partial charge in [0.2, 0.25) is 17.7 Å². The minimum Gasteiger partial charge on any atom is -0.341 e. The molecule has 1 aliphatic rings. The number of aromatic nitrogens is 1. The highest BCUT2D eigenvalue weighted by molar-refractivity contribution is 8.00. The number of benzene rings is 2. The lowest BCUT2D eigenvalue weighted by atomic mass is 10.2. The van der Waals surface area contributed by atoms with Crippen LogP contribution in [-0.2, 0) is 20.9 Å². The van der Waals surface area contributed by atoms with Crippen LogP contribution in [0.1, 0.15) is 19.8 Å². The highest BCUT2D eigenvalue weighted by Gasteiger charge is 2.19. The van der Waals surface area contributed by atoms with Gasteiger partial charge in [0.25, 0.3) is 0 Å². The SMILES string of the molecule is CC(=O)Nc1ccc(NC(=O)CSc2cn(CC(=O)N3CCCC3)c3ccccc23)cc1. The number of para-hydroxylation sites is 1. The topological polar surface area (TPSA) is 83.4 Å². The number of likely N-dealkylation sites (tertiary alicyclic amines) is 1. The van der Waals surface area contributed by atoms with E-state index < -0.39 is 0 Å². The fourth-order valence-corrected chi connectivity index (χ4v) is 4.74. The Morgan fingerprint density at radius 2 is 1.59 bits per heavy atom. The molecule has 2 N–H and O–H groups in total. The summed E-state index contributed by atoms with van der Waals surface area (Å²) in [5, 5.41) is 6.62. The van der Waals surface area contributed by atoms with Gasteiger partial charge >= 0.3 is 0 Å². The minimum atomic E-state index is -0.139. The van der Waals surface area contributed by atoms with E-state index in [9.17, 15) is 14.4 Å². The Hall–Kier alpha value is -3.26. The Bertz CT molecular complexity index is 1130. The number of nitrogens with zero attached hydrogens (tertiary/aromatic N) is 2. The van der Waals surface area contributed by atoms with Crippen molar-refractivity contribution in [2.24, 2.45) is 0 Å². The number of carbonyl (C=O) groups excluding carboxylic acids is 3. The standard InChI is InChI=1S/C24H26N4O3S/c1-17(29)25-18-8-10-19(11-9-18)26-23(30)16-32-22-14-28(21-7-3-2-6-20(21)22)15-24(31)27-12-4-5-13-27/h2-3,6-11,14H,4-5,12-13,15-16H2,1H3,(H,25,29)(H,26,30). The Kier molecular flexibility index (Phi) is 6.80. The molecule has 4 rings (SSSR count). The molecule has 2 aromatic carbocycles. The zero-order valence-electron chi connectivity index (χ0n) is 18.0. The van der Waals surface area contributed by atoms with Crippen molar-refractivity contribution < 1.29 is 14.4 Å². The summed E-state index contributed by atoms with van der Waals surface area (Å²) in [6.07, 6.45) is 4.12. The molecule has 1 saturated heterocycles. The molecule has 0 atom stereocenters. The van der Waals surface area contributed by atoms with Gasteiger partial charge in [-0.15, -0.1) is 11.8 Å². The number of hydrogen-bond donors (Lipinski definition) is 2. The van der Waals surface area contributed by atoms with Gasteiger partial charge in [-0.05, 0) is 43.2 Å². The molecule has 32 heavy (non-hydrogen) atoms. The van der Waals surface area contributed by atoms with Crippen molar-refractivity contribution in [1.82, 2.24) is 9.47 Å². The van der Waals surface area contributed by atoms with Crippen LogP contribution in [-0.4, -0.2) is 46.0 Å². The molecule has 0 radical (unpaired) electrons. The summed E-state index contributed by atoms with van der Waals surface area (Å²) in [4.78, 5) is 39.1. The van der Waals surface area contributed by atoms with E-state index in [0.29, 0.717) is 17.9 Å². The number of amides is 3. The third-order valence-corrected chi connectivity index (χ3v) is 6.41. The summed E-state index contributed by atoms with van der Waals surface area (Å²) in [6, 6.07) is 15.0. The molecule has 3 aromatic rings. The average Bonchev–Trinajstić information content (AvgIpc) is 3.42. The molecule has 1 fully saturated rings. The molecule has 0 spiro atoms. The van der Waals surface area contributed by atoms with Gasteiger partial charge in [0.1, 0.15) is 6.54 Å². The predicted octanol–water partition coefficient (Wildman–Crippen LogP) is 3.95. The number of carbonyl (C=O) groups is 3. The summed E-state index contributed by atoms with van der Waals surface area (Å²) >= 11 is 1.45. The van der Waals surface area contributed by atoms with Crippen LogP contribution in [0.4, 0.5) is 11.4 Å². The van der Waals surface area contributed by atoms with Gasteiger partial charge in [-0.3, -0.25) is 14.4 Å². The van der Waals surface area contributed by atoms with Crippen LogP contribution in [0, 0.1) is 0 Å². The molecule has 3 amide bonds. The van der Waals surface area contributed by atoms with E-state index in [1.54, 1.807) is 24.3 Å². The normalized spacial score (nSPS) is 13.3. The molecular weight excluding hydrogens is 424 g/mol. The summed E-state index contributed by atoms with van der Waals surface area (Å²) in [5.41, 5.74) is 2.35. The Morgan fingerprint density at radius 3 is 2.28 bits per heavy atom. The molecular formula is C24H26N4O3S. The van der Waals surface area contributed by atoms with Crippen molar-refractivity contribution in [3.05, 3.63) is 54.7 Å². The molecule has 166 valence electrons. The van der Waals surface area contributed by atoms with Crippen molar-refractivity contribution in [1.29, 1.82) is 0 Å². The van der Waals surface area contributed by atoms with E-state index in [1.807, 2.05) is 39.9 Å². The van der Waals surface area contributed by atoms with Gasteiger partial charge in [-0.2, -0.15) is 0 Å². The van der Waals surface area contributed by atoms with E-state index in [2.05, 4.69) is 10.6 Å². The van der Waals surface area contributed by atoms with E-state index in [4.69, 9.17) is 0 Å². The van der Waals surface area contributed by atoms with Crippen LogP contribution in [0.2, 0.25) is 0 Å². The lowest BCUT2D eigenvalue weighted by Crippen LogP contribution is -2.30. The molecule has 8 heteroatoms. The van der Waals surface area contributed by atoms with E-state index in [1.165, 1.54) is 18.7 Å². The fourth-order valence-electron chi connectivity index (χ4n) is 3.85.